The minimum atomic E-state index is -0.508. The molecule has 128 valence electrons. The number of nitro benzene ring substituents is 1. The van der Waals surface area contributed by atoms with E-state index < -0.39 is 10.8 Å². The molecule has 0 bridgehead atoms. The largest absolute Gasteiger partial charge is 0.372 e. The van der Waals surface area contributed by atoms with Gasteiger partial charge in [-0.1, -0.05) is 22.9 Å². The van der Waals surface area contributed by atoms with Gasteiger partial charge in [-0.3, -0.25) is 20.2 Å². The summed E-state index contributed by atoms with van der Waals surface area (Å²) in [7, 11) is 3.41. The maximum atomic E-state index is 12.4. The van der Waals surface area contributed by atoms with Crippen LogP contribution in [0.25, 0.3) is 10.2 Å². The van der Waals surface area contributed by atoms with Gasteiger partial charge in [0.2, 0.25) is 0 Å². The van der Waals surface area contributed by atoms with Crippen LogP contribution in [0.1, 0.15) is 10.4 Å². The molecule has 1 amide bonds. The zero-order chi connectivity index (χ0) is 18.1. The van der Waals surface area contributed by atoms with Crippen molar-refractivity contribution in [3.63, 3.8) is 0 Å². The lowest BCUT2D eigenvalue weighted by molar-refractivity contribution is -0.384. The summed E-state index contributed by atoms with van der Waals surface area (Å²) in [4.78, 5) is 29.1. The number of carbonyl (C=O) groups excluding carboxylic acids is 1. The van der Waals surface area contributed by atoms with E-state index in [1.807, 2.05) is 0 Å². The molecule has 3 aromatic rings. The molecule has 9 heteroatoms. The molecule has 1 heterocycles. The van der Waals surface area contributed by atoms with E-state index in [2.05, 4.69) is 10.3 Å². The molecule has 3 rings (SSSR count). The van der Waals surface area contributed by atoms with Crippen molar-refractivity contribution in [1.29, 1.82) is 0 Å². The summed E-state index contributed by atoms with van der Waals surface area (Å²) >= 11 is 7.22. The van der Waals surface area contributed by atoms with Gasteiger partial charge in [0.15, 0.2) is 5.13 Å². The topological polar surface area (TPSA) is 88.4 Å². The number of anilines is 2. The Bertz CT molecular complexity index is 987. The lowest BCUT2D eigenvalue weighted by atomic mass is 10.1. The summed E-state index contributed by atoms with van der Waals surface area (Å²) in [6, 6.07) is 9.60. The fourth-order valence-electron chi connectivity index (χ4n) is 2.31. The Kier molecular flexibility index (Phi) is 4.56. The molecule has 0 aliphatic carbocycles. The second-order valence-electron chi connectivity index (χ2n) is 5.44. The average molecular weight is 377 g/mol. The third-order valence-corrected chi connectivity index (χ3v) is 4.66. The first-order chi connectivity index (χ1) is 11.8. The molecule has 1 aromatic heterocycles. The number of nitrogens with one attached hydrogen (secondary N) is 1. The zero-order valence-corrected chi connectivity index (χ0v) is 14.9. The Morgan fingerprint density at radius 1 is 1.28 bits per heavy atom. The smallest absolute Gasteiger partial charge is 0.293 e. The number of halogens is 1. The molecule has 1 N–H and O–H groups in total. The summed E-state index contributed by atoms with van der Waals surface area (Å²) in [5, 5.41) is 14.9. The monoisotopic (exact) mass is 376 g/mol. The van der Waals surface area contributed by atoms with Crippen LogP contribution in [0.15, 0.2) is 36.4 Å². The quantitative estimate of drug-likeness (QED) is 0.545. The minimum absolute atomic E-state index is 0.131. The number of aromatic nitrogens is 1. The van der Waals surface area contributed by atoms with Gasteiger partial charge in [-0.05, 0) is 30.3 Å². The van der Waals surface area contributed by atoms with Gasteiger partial charge in [0.25, 0.3) is 11.6 Å². The molecule has 0 unspecified atom stereocenters. The molecule has 0 spiro atoms. The van der Waals surface area contributed by atoms with E-state index in [0.717, 1.165) is 10.2 Å². The van der Waals surface area contributed by atoms with Crippen molar-refractivity contribution in [3.8, 4) is 0 Å². The highest BCUT2D eigenvalue weighted by molar-refractivity contribution is 7.22. The third-order valence-electron chi connectivity index (χ3n) is 3.49. The maximum absolute atomic E-state index is 12.4. The first-order valence-corrected chi connectivity index (χ1v) is 8.38. The standard InChI is InChI=1S/C16H13ClN4O3S/c1-20(2)12-6-3-9(7-13(12)21(23)24)15(22)19-16-18-11-5-4-10(17)8-14(11)25-16/h3-8H,1-2H3,(H,18,19,22). The highest BCUT2D eigenvalue weighted by Gasteiger charge is 2.19. The molecular weight excluding hydrogens is 364 g/mol. The van der Waals surface area contributed by atoms with E-state index in [9.17, 15) is 14.9 Å². The van der Waals surface area contributed by atoms with Crippen molar-refractivity contribution in [2.24, 2.45) is 0 Å². The van der Waals surface area contributed by atoms with Gasteiger partial charge in [0, 0.05) is 30.7 Å². The molecular formula is C16H13ClN4O3S. The van der Waals surface area contributed by atoms with Crippen molar-refractivity contribution >= 4 is 55.6 Å². The van der Waals surface area contributed by atoms with Crippen LogP contribution in [-0.2, 0) is 0 Å². The Morgan fingerprint density at radius 3 is 2.72 bits per heavy atom. The lowest BCUT2D eigenvalue weighted by Gasteiger charge is -2.13. The van der Waals surface area contributed by atoms with Crippen LogP contribution in [0.5, 0.6) is 0 Å². The van der Waals surface area contributed by atoms with Gasteiger partial charge < -0.3 is 4.90 Å². The molecule has 0 atom stereocenters. The van der Waals surface area contributed by atoms with E-state index in [1.54, 1.807) is 49.3 Å². The highest BCUT2D eigenvalue weighted by Crippen LogP contribution is 2.30. The van der Waals surface area contributed by atoms with E-state index in [1.165, 1.54) is 17.4 Å². The first-order valence-electron chi connectivity index (χ1n) is 7.18. The fraction of sp³-hybridized carbons (Fsp3) is 0.125. The fourth-order valence-corrected chi connectivity index (χ4v) is 3.45. The SMILES string of the molecule is CN(C)c1ccc(C(=O)Nc2nc3ccc(Cl)cc3s2)cc1[N+](=O)[O-]. The summed E-state index contributed by atoms with van der Waals surface area (Å²) in [6.07, 6.45) is 0. The van der Waals surface area contributed by atoms with Gasteiger partial charge in [-0.15, -0.1) is 0 Å². The van der Waals surface area contributed by atoms with Gasteiger partial charge in [0.1, 0.15) is 5.69 Å². The maximum Gasteiger partial charge on any atom is 0.293 e. The number of hydrogen-bond acceptors (Lipinski definition) is 6. The van der Waals surface area contributed by atoms with Gasteiger partial charge in [-0.25, -0.2) is 4.98 Å². The van der Waals surface area contributed by atoms with Crippen LogP contribution in [0.3, 0.4) is 0 Å². The van der Waals surface area contributed by atoms with E-state index in [0.29, 0.717) is 15.8 Å². The third kappa shape index (κ3) is 3.54. The molecule has 0 aliphatic heterocycles. The minimum Gasteiger partial charge on any atom is -0.372 e. The number of carbonyl (C=O) groups is 1. The molecule has 0 aliphatic rings. The van der Waals surface area contributed by atoms with Gasteiger partial charge >= 0.3 is 0 Å². The molecule has 25 heavy (non-hydrogen) atoms. The van der Waals surface area contributed by atoms with E-state index in [-0.39, 0.29) is 11.3 Å². The van der Waals surface area contributed by atoms with Crippen molar-refractivity contribution in [3.05, 3.63) is 57.1 Å². The van der Waals surface area contributed by atoms with Crippen LogP contribution in [0, 0.1) is 10.1 Å². The first kappa shape index (κ1) is 17.1. The average Bonchev–Trinajstić information content (AvgIpc) is 2.95. The van der Waals surface area contributed by atoms with Crippen LogP contribution >= 0.6 is 22.9 Å². The number of amides is 1. The second-order valence-corrected chi connectivity index (χ2v) is 6.91. The Morgan fingerprint density at radius 2 is 2.04 bits per heavy atom. The molecule has 0 saturated heterocycles. The van der Waals surface area contributed by atoms with Crippen LogP contribution in [0.4, 0.5) is 16.5 Å². The molecule has 2 aromatic carbocycles. The summed E-state index contributed by atoms with van der Waals surface area (Å²) in [5.41, 5.74) is 1.21. The summed E-state index contributed by atoms with van der Waals surface area (Å²) in [5.74, 6) is -0.460. The number of nitrogens with zero attached hydrogens (tertiary/aromatic N) is 3. The predicted octanol–water partition coefficient (Wildman–Crippen LogP) is 4.18. The zero-order valence-electron chi connectivity index (χ0n) is 13.3. The predicted molar refractivity (Wildman–Crippen MR) is 100 cm³/mol. The lowest BCUT2D eigenvalue weighted by Crippen LogP contribution is -2.14. The molecule has 0 radical (unpaired) electrons. The van der Waals surface area contributed by atoms with Crippen molar-refractivity contribution in [1.82, 2.24) is 4.98 Å². The second kappa shape index (κ2) is 6.66. The van der Waals surface area contributed by atoms with E-state index in [4.69, 9.17) is 11.6 Å². The van der Waals surface area contributed by atoms with Crippen molar-refractivity contribution < 1.29 is 9.72 Å². The number of rotatable bonds is 4. The van der Waals surface area contributed by atoms with Crippen LogP contribution < -0.4 is 10.2 Å². The number of benzene rings is 2. The number of fused-ring (bicyclic) bond motifs is 1. The molecule has 7 nitrogen and oxygen atoms in total. The van der Waals surface area contributed by atoms with Crippen LogP contribution in [0.2, 0.25) is 5.02 Å². The number of hydrogen-bond donors (Lipinski definition) is 1. The van der Waals surface area contributed by atoms with Gasteiger partial charge in [0.05, 0.1) is 15.1 Å². The van der Waals surface area contributed by atoms with Crippen molar-refractivity contribution in [2.45, 2.75) is 0 Å². The Balaban J connectivity index is 1.89. The number of nitro groups is 1. The Hall–Kier alpha value is -2.71. The summed E-state index contributed by atoms with van der Waals surface area (Å²) < 4.78 is 0.844. The normalized spacial score (nSPS) is 10.7. The number of thiazole rings is 1. The van der Waals surface area contributed by atoms with Crippen molar-refractivity contribution in [2.75, 3.05) is 24.3 Å². The highest BCUT2D eigenvalue weighted by atomic mass is 35.5. The van der Waals surface area contributed by atoms with E-state index >= 15 is 0 Å². The summed E-state index contributed by atoms with van der Waals surface area (Å²) in [6.45, 7) is 0. The molecule has 0 saturated carbocycles. The Labute approximate surface area is 152 Å². The van der Waals surface area contributed by atoms with Gasteiger partial charge in [-0.2, -0.15) is 0 Å². The van der Waals surface area contributed by atoms with Crippen LogP contribution in [-0.4, -0.2) is 29.9 Å². The molecule has 0 fully saturated rings.